The topological polar surface area (TPSA) is 54.4 Å². The molecule has 1 amide bonds. The molecule has 1 aromatic rings. The first kappa shape index (κ1) is 9.15. The summed E-state index contributed by atoms with van der Waals surface area (Å²) in [6.45, 7) is 1.73. The van der Waals surface area contributed by atoms with Gasteiger partial charge in [-0.1, -0.05) is 11.6 Å². The zero-order valence-corrected chi connectivity index (χ0v) is 8.25. The maximum absolute atomic E-state index is 11.2. The number of nitrogens with one attached hydrogen (secondary N) is 1. The van der Waals surface area contributed by atoms with E-state index in [1.165, 1.54) is 6.20 Å². The van der Waals surface area contributed by atoms with Crippen molar-refractivity contribution >= 4 is 23.3 Å². The second-order valence-corrected chi connectivity index (χ2v) is 3.41. The SMILES string of the molecule is CC1N=C(c2ccncc2Cl)NC1=O. The van der Waals surface area contributed by atoms with Crippen molar-refractivity contribution in [3.8, 4) is 0 Å². The number of hydrogen-bond acceptors (Lipinski definition) is 3. The van der Waals surface area contributed by atoms with Crippen molar-refractivity contribution < 1.29 is 4.79 Å². The minimum Gasteiger partial charge on any atom is -0.309 e. The molecule has 4 nitrogen and oxygen atoms in total. The Balaban J connectivity index is 2.38. The number of pyridine rings is 1. The highest BCUT2D eigenvalue weighted by Gasteiger charge is 2.23. The average Bonchev–Trinajstić information content (AvgIpc) is 2.48. The van der Waals surface area contributed by atoms with Crippen molar-refractivity contribution in [2.75, 3.05) is 0 Å². The standard InChI is InChI=1S/C9H8ClN3O/c1-5-9(14)13-8(12-5)6-2-3-11-4-7(6)10/h2-5H,1H3,(H,12,13,14). The van der Waals surface area contributed by atoms with Crippen LogP contribution in [-0.4, -0.2) is 22.8 Å². The van der Waals surface area contributed by atoms with Crippen LogP contribution in [0.3, 0.4) is 0 Å². The number of aliphatic imine (C=N–C) groups is 1. The van der Waals surface area contributed by atoms with Gasteiger partial charge in [-0.2, -0.15) is 0 Å². The molecule has 2 rings (SSSR count). The highest BCUT2D eigenvalue weighted by atomic mass is 35.5. The van der Waals surface area contributed by atoms with Crippen LogP contribution < -0.4 is 5.32 Å². The number of rotatable bonds is 1. The van der Waals surface area contributed by atoms with E-state index in [1.54, 1.807) is 19.2 Å². The van der Waals surface area contributed by atoms with Gasteiger partial charge in [0.25, 0.3) is 0 Å². The number of hydrogen-bond donors (Lipinski definition) is 1. The second-order valence-electron chi connectivity index (χ2n) is 3.00. The van der Waals surface area contributed by atoms with Gasteiger partial charge in [0.1, 0.15) is 11.9 Å². The summed E-state index contributed by atoms with van der Waals surface area (Å²) < 4.78 is 0. The Morgan fingerprint density at radius 3 is 2.93 bits per heavy atom. The number of amidine groups is 1. The van der Waals surface area contributed by atoms with Gasteiger partial charge in [0, 0.05) is 18.0 Å². The Bertz CT molecular complexity index is 416. The Morgan fingerprint density at radius 2 is 2.36 bits per heavy atom. The van der Waals surface area contributed by atoms with E-state index < -0.39 is 0 Å². The fourth-order valence-corrected chi connectivity index (χ4v) is 1.42. The fraction of sp³-hybridized carbons (Fsp3) is 0.222. The molecule has 14 heavy (non-hydrogen) atoms. The van der Waals surface area contributed by atoms with E-state index in [2.05, 4.69) is 15.3 Å². The first-order chi connectivity index (χ1) is 6.68. The van der Waals surface area contributed by atoms with Crippen molar-refractivity contribution in [1.29, 1.82) is 0 Å². The summed E-state index contributed by atoms with van der Waals surface area (Å²) in [5.74, 6) is 0.419. The van der Waals surface area contributed by atoms with Gasteiger partial charge in [-0.05, 0) is 13.0 Å². The quantitative estimate of drug-likeness (QED) is 0.750. The van der Waals surface area contributed by atoms with Crippen LogP contribution in [0.2, 0.25) is 5.02 Å². The Morgan fingerprint density at radius 1 is 1.57 bits per heavy atom. The summed E-state index contributed by atoms with van der Waals surface area (Å²) in [7, 11) is 0. The van der Waals surface area contributed by atoms with Crippen LogP contribution in [-0.2, 0) is 4.79 Å². The minimum absolute atomic E-state index is 0.104. The van der Waals surface area contributed by atoms with E-state index in [-0.39, 0.29) is 11.9 Å². The Hall–Kier alpha value is -1.42. The van der Waals surface area contributed by atoms with E-state index in [0.717, 1.165) is 0 Å². The molecule has 1 aromatic heterocycles. The molecule has 1 atom stereocenters. The zero-order chi connectivity index (χ0) is 10.1. The minimum atomic E-state index is -0.339. The predicted octanol–water partition coefficient (Wildman–Crippen LogP) is 1.000. The largest absolute Gasteiger partial charge is 0.309 e. The summed E-state index contributed by atoms with van der Waals surface area (Å²) in [5.41, 5.74) is 0.708. The third-order valence-corrected chi connectivity index (χ3v) is 2.27. The van der Waals surface area contributed by atoms with Gasteiger partial charge in [-0.15, -0.1) is 0 Å². The maximum Gasteiger partial charge on any atom is 0.250 e. The molecule has 0 saturated carbocycles. The van der Waals surface area contributed by atoms with Crippen molar-refractivity contribution in [3.05, 3.63) is 29.0 Å². The molecule has 72 valence electrons. The van der Waals surface area contributed by atoms with Crippen LogP contribution in [0.15, 0.2) is 23.5 Å². The lowest BCUT2D eigenvalue weighted by molar-refractivity contribution is -0.119. The average molecular weight is 210 g/mol. The van der Waals surface area contributed by atoms with Gasteiger partial charge >= 0.3 is 0 Å². The molecule has 1 unspecified atom stereocenters. The van der Waals surface area contributed by atoms with Gasteiger partial charge in [0.2, 0.25) is 5.91 Å². The summed E-state index contributed by atoms with van der Waals surface area (Å²) >= 11 is 5.91. The van der Waals surface area contributed by atoms with Crippen molar-refractivity contribution in [2.24, 2.45) is 4.99 Å². The lowest BCUT2D eigenvalue weighted by atomic mass is 10.2. The first-order valence-electron chi connectivity index (χ1n) is 4.17. The van der Waals surface area contributed by atoms with E-state index in [1.807, 2.05) is 0 Å². The molecule has 1 N–H and O–H groups in total. The summed E-state index contributed by atoms with van der Waals surface area (Å²) in [5, 5.41) is 3.15. The maximum atomic E-state index is 11.2. The Kier molecular flexibility index (Phi) is 2.21. The molecule has 0 aliphatic carbocycles. The Labute approximate surface area is 86.0 Å². The van der Waals surface area contributed by atoms with Crippen molar-refractivity contribution in [3.63, 3.8) is 0 Å². The monoisotopic (exact) mass is 209 g/mol. The molecule has 5 heteroatoms. The molecule has 0 aromatic carbocycles. The lowest BCUT2D eigenvalue weighted by Gasteiger charge is -2.01. The summed E-state index contributed by atoms with van der Waals surface area (Å²) in [4.78, 5) is 19.2. The van der Waals surface area contributed by atoms with E-state index in [0.29, 0.717) is 16.4 Å². The number of carbonyl (C=O) groups excluding carboxylic acids is 1. The summed E-state index contributed by atoms with van der Waals surface area (Å²) in [6.07, 6.45) is 3.13. The van der Waals surface area contributed by atoms with Gasteiger partial charge < -0.3 is 5.32 Å². The van der Waals surface area contributed by atoms with E-state index in [4.69, 9.17) is 11.6 Å². The van der Waals surface area contributed by atoms with E-state index in [9.17, 15) is 4.79 Å². The van der Waals surface area contributed by atoms with Crippen LogP contribution >= 0.6 is 11.6 Å². The number of nitrogens with zero attached hydrogens (tertiary/aromatic N) is 2. The van der Waals surface area contributed by atoms with Crippen LogP contribution in [0.1, 0.15) is 12.5 Å². The smallest absolute Gasteiger partial charge is 0.250 e. The van der Waals surface area contributed by atoms with E-state index >= 15 is 0 Å². The third-order valence-electron chi connectivity index (χ3n) is 1.97. The third kappa shape index (κ3) is 1.48. The molecule has 0 spiro atoms. The molecular weight excluding hydrogens is 202 g/mol. The molecular formula is C9H8ClN3O. The lowest BCUT2D eigenvalue weighted by Crippen LogP contribution is -2.28. The zero-order valence-electron chi connectivity index (χ0n) is 7.49. The van der Waals surface area contributed by atoms with Gasteiger partial charge in [0.05, 0.1) is 5.02 Å². The van der Waals surface area contributed by atoms with Crippen molar-refractivity contribution in [1.82, 2.24) is 10.3 Å². The molecule has 0 fully saturated rings. The molecule has 1 aliphatic heterocycles. The second kappa shape index (κ2) is 3.38. The molecule has 2 heterocycles. The van der Waals surface area contributed by atoms with Crippen LogP contribution in [0, 0.1) is 0 Å². The molecule has 0 saturated heterocycles. The number of carbonyl (C=O) groups is 1. The van der Waals surface area contributed by atoms with Gasteiger partial charge in [0.15, 0.2) is 0 Å². The van der Waals surface area contributed by atoms with Gasteiger partial charge in [-0.3, -0.25) is 14.8 Å². The first-order valence-corrected chi connectivity index (χ1v) is 4.55. The normalized spacial score (nSPS) is 20.6. The van der Waals surface area contributed by atoms with Crippen molar-refractivity contribution in [2.45, 2.75) is 13.0 Å². The highest BCUT2D eigenvalue weighted by molar-refractivity contribution is 6.34. The molecule has 0 bridgehead atoms. The van der Waals surface area contributed by atoms with Crippen LogP contribution in [0.5, 0.6) is 0 Å². The van der Waals surface area contributed by atoms with Crippen LogP contribution in [0.4, 0.5) is 0 Å². The summed E-state index contributed by atoms with van der Waals surface area (Å²) in [6, 6.07) is 1.38. The number of halogens is 1. The van der Waals surface area contributed by atoms with Gasteiger partial charge in [-0.25, -0.2) is 0 Å². The molecule has 1 aliphatic rings. The molecule has 0 radical (unpaired) electrons. The predicted molar refractivity (Wildman–Crippen MR) is 53.4 cm³/mol. The highest BCUT2D eigenvalue weighted by Crippen LogP contribution is 2.16. The number of amides is 1. The van der Waals surface area contributed by atoms with Crippen LogP contribution in [0.25, 0.3) is 0 Å². The fourth-order valence-electron chi connectivity index (χ4n) is 1.21. The number of aromatic nitrogens is 1.